The Labute approximate surface area is 166 Å². The summed E-state index contributed by atoms with van der Waals surface area (Å²) >= 11 is -0.958. The van der Waals surface area contributed by atoms with E-state index in [1.807, 2.05) is 23.1 Å². The van der Waals surface area contributed by atoms with Gasteiger partial charge >= 0.3 is 167 Å². The van der Waals surface area contributed by atoms with Crippen molar-refractivity contribution in [2.45, 2.75) is 13.0 Å². The fourth-order valence-corrected chi connectivity index (χ4v) is 17.5. The van der Waals surface area contributed by atoms with Crippen molar-refractivity contribution in [3.8, 4) is 0 Å². The van der Waals surface area contributed by atoms with Crippen LogP contribution in [0.25, 0.3) is 0 Å². The summed E-state index contributed by atoms with van der Waals surface area (Å²) in [6.07, 6.45) is 0.935. The van der Waals surface area contributed by atoms with Crippen LogP contribution >= 0.6 is 20.0 Å². The summed E-state index contributed by atoms with van der Waals surface area (Å²) in [6.45, 7) is 2.38. The summed E-state index contributed by atoms with van der Waals surface area (Å²) in [6, 6.07) is 19.1. The molecule has 2 aliphatic heterocycles. The average Bonchev–Trinajstić information content (AvgIpc) is 3.41. The summed E-state index contributed by atoms with van der Waals surface area (Å²) in [4.78, 5) is 15.2. The zero-order valence-electron chi connectivity index (χ0n) is 14.6. The molecule has 26 heavy (non-hydrogen) atoms. The zero-order chi connectivity index (χ0) is 17.8. The normalized spacial score (nSPS) is 20.4. The van der Waals surface area contributed by atoms with Crippen LogP contribution in [0.2, 0.25) is 0 Å². The summed E-state index contributed by atoms with van der Waals surface area (Å²) in [5, 5.41) is 3.32. The van der Waals surface area contributed by atoms with E-state index in [1.54, 1.807) is 0 Å². The second-order valence-corrected chi connectivity index (χ2v) is 18.3. The van der Waals surface area contributed by atoms with Crippen molar-refractivity contribution in [3.05, 3.63) is 60.2 Å². The molecular formula is C20H23AsN2OS2. The van der Waals surface area contributed by atoms with E-state index in [9.17, 15) is 4.79 Å². The molecule has 0 aliphatic carbocycles. The quantitative estimate of drug-likeness (QED) is 0.716. The fourth-order valence-electron chi connectivity index (χ4n) is 3.33. The van der Waals surface area contributed by atoms with Crippen molar-refractivity contribution in [1.29, 1.82) is 0 Å². The average molecular weight is 446 g/mol. The van der Waals surface area contributed by atoms with Crippen LogP contribution in [0, 0.1) is 5.92 Å². The molecule has 1 atom stereocenters. The SMILES string of the molecule is O=C(C1CCNC1)N(Cc1ccccc1)c1ccc([As]2SCCS2)cc1. The van der Waals surface area contributed by atoms with Crippen LogP contribution in [0.4, 0.5) is 5.69 Å². The van der Waals surface area contributed by atoms with E-state index < -0.39 is 12.3 Å². The van der Waals surface area contributed by atoms with E-state index in [0.29, 0.717) is 6.54 Å². The Morgan fingerprint density at radius 2 is 1.81 bits per heavy atom. The standard InChI is InChI=1S/C20H23AsN2OS2/c24-20(17-10-11-22-14-17)23(15-16-4-2-1-3-5-16)19-8-6-18(7-9-19)21-25-12-13-26-21/h1-9,17,22H,10-15H2. The Morgan fingerprint density at radius 3 is 2.46 bits per heavy atom. The van der Waals surface area contributed by atoms with Crippen LogP contribution in [-0.2, 0) is 11.3 Å². The Bertz CT molecular complexity index is 729. The van der Waals surface area contributed by atoms with Crippen LogP contribution in [-0.4, -0.2) is 42.8 Å². The molecule has 0 aromatic heterocycles. The molecule has 1 unspecified atom stereocenters. The van der Waals surface area contributed by atoms with Gasteiger partial charge in [-0.3, -0.25) is 0 Å². The molecule has 6 heteroatoms. The van der Waals surface area contributed by atoms with Gasteiger partial charge in [-0.25, -0.2) is 0 Å². The Kier molecular flexibility index (Phi) is 6.31. The van der Waals surface area contributed by atoms with Crippen molar-refractivity contribution in [3.63, 3.8) is 0 Å². The molecule has 3 nitrogen and oxygen atoms in total. The summed E-state index contributed by atoms with van der Waals surface area (Å²) in [7, 11) is 4.32. The molecule has 2 heterocycles. The van der Waals surface area contributed by atoms with Gasteiger partial charge in [-0.2, -0.15) is 0 Å². The van der Waals surface area contributed by atoms with E-state index in [1.165, 1.54) is 21.4 Å². The van der Waals surface area contributed by atoms with Crippen LogP contribution in [0.5, 0.6) is 0 Å². The predicted octanol–water partition coefficient (Wildman–Crippen LogP) is 3.00. The molecular weight excluding hydrogens is 423 g/mol. The van der Waals surface area contributed by atoms with Gasteiger partial charge in [-0.05, 0) is 0 Å². The monoisotopic (exact) mass is 446 g/mol. The van der Waals surface area contributed by atoms with E-state index in [4.69, 9.17) is 0 Å². The Morgan fingerprint density at radius 1 is 1.08 bits per heavy atom. The molecule has 2 aliphatic rings. The zero-order valence-corrected chi connectivity index (χ0v) is 18.1. The first-order chi connectivity index (χ1) is 12.8. The number of amides is 1. The summed E-state index contributed by atoms with van der Waals surface area (Å²) in [5.74, 6) is 2.92. The van der Waals surface area contributed by atoms with Gasteiger partial charge in [0.2, 0.25) is 0 Å². The maximum atomic E-state index is 13.2. The van der Waals surface area contributed by atoms with E-state index in [-0.39, 0.29) is 11.8 Å². The minimum absolute atomic E-state index is 0.0918. The Balaban J connectivity index is 1.57. The van der Waals surface area contributed by atoms with Gasteiger partial charge in [0, 0.05) is 0 Å². The van der Waals surface area contributed by atoms with Gasteiger partial charge in [0.1, 0.15) is 0 Å². The number of nitrogens with one attached hydrogen (secondary N) is 1. The van der Waals surface area contributed by atoms with Gasteiger partial charge in [-0.1, -0.05) is 0 Å². The Hall–Kier alpha value is -0.872. The summed E-state index contributed by atoms with van der Waals surface area (Å²) in [5.41, 5.74) is 2.20. The number of rotatable bonds is 5. The first-order valence-corrected chi connectivity index (χ1v) is 16.5. The van der Waals surface area contributed by atoms with Crippen LogP contribution in [0.3, 0.4) is 0 Å². The van der Waals surface area contributed by atoms with Crippen molar-refractivity contribution in [1.82, 2.24) is 5.32 Å². The van der Waals surface area contributed by atoms with Gasteiger partial charge in [0.05, 0.1) is 0 Å². The first kappa shape index (κ1) is 18.5. The molecule has 2 fully saturated rings. The van der Waals surface area contributed by atoms with E-state index >= 15 is 0 Å². The molecule has 0 saturated carbocycles. The number of carbonyl (C=O) groups is 1. The molecule has 0 spiro atoms. The predicted molar refractivity (Wildman–Crippen MR) is 115 cm³/mol. The number of hydrogen-bond donors (Lipinski definition) is 1. The molecule has 2 aromatic carbocycles. The number of hydrogen-bond acceptors (Lipinski definition) is 4. The van der Waals surface area contributed by atoms with Gasteiger partial charge < -0.3 is 0 Å². The molecule has 0 bridgehead atoms. The number of nitrogens with zero attached hydrogens (tertiary/aromatic N) is 1. The third-order valence-corrected chi connectivity index (χ3v) is 18.5. The van der Waals surface area contributed by atoms with Crippen molar-refractivity contribution >= 4 is 48.3 Å². The molecule has 136 valence electrons. The second-order valence-electron chi connectivity index (χ2n) is 6.54. The minimum atomic E-state index is -0.958. The van der Waals surface area contributed by atoms with Crippen molar-refractivity contribution in [2.24, 2.45) is 5.92 Å². The molecule has 4 rings (SSSR count). The topological polar surface area (TPSA) is 32.3 Å². The maximum absolute atomic E-state index is 13.2. The van der Waals surface area contributed by atoms with E-state index in [2.05, 4.69) is 61.8 Å². The number of anilines is 1. The molecule has 2 saturated heterocycles. The van der Waals surface area contributed by atoms with Gasteiger partial charge in [0.25, 0.3) is 0 Å². The first-order valence-electron chi connectivity index (χ1n) is 9.03. The van der Waals surface area contributed by atoms with Gasteiger partial charge in [0.15, 0.2) is 0 Å². The third-order valence-electron chi connectivity index (χ3n) is 4.73. The molecule has 1 N–H and O–H groups in total. The van der Waals surface area contributed by atoms with Crippen LogP contribution < -0.4 is 14.6 Å². The number of carbonyl (C=O) groups excluding carboxylic acids is 1. The fraction of sp³-hybridized carbons (Fsp3) is 0.350. The molecule has 1 amide bonds. The summed E-state index contributed by atoms with van der Waals surface area (Å²) < 4.78 is 1.50. The van der Waals surface area contributed by atoms with Crippen LogP contribution in [0.15, 0.2) is 54.6 Å². The molecule has 2 aromatic rings. The van der Waals surface area contributed by atoms with Crippen molar-refractivity contribution in [2.75, 3.05) is 29.5 Å². The second kappa shape index (κ2) is 8.88. The van der Waals surface area contributed by atoms with Crippen LogP contribution in [0.1, 0.15) is 12.0 Å². The molecule has 0 radical (unpaired) electrons. The van der Waals surface area contributed by atoms with Crippen molar-refractivity contribution < 1.29 is 4.79 Å². The number of benzene rings is 2. The van der Waals surface area contributed by atoms with Gasteiger partial charge in [-0.15, -0.1) is 0 Å². The third kappa shape index (κ3) is 4.33. The van der Waals surface area contributed by atoms with E-state index in [0.717, 1.165) is 25.2 Å².